The molecule has 1 unspecified atom stereocenters. The van der Waals surface area contributed by atoms with E-state index in [9.17, 15) is 23.2 Å². The van der Waals surface area contributed by atoms with Gasteiger partial charge in [0.1, 0.15) is 23.4 Å². The number of hydrogen-bond acceptors (Lipinski definition) is 5. The summed E-state index contributed by atoms with van der Waals surface area (Å²) >= 11 is 0. The monoisotopic (exact) mass is 423 g/mol. The lowest BCUT2D eigenvalue weighted by Gasteiger charge is -2.29. The first-order chi connectivity index (χ1) is 14.9. The van der Waals surface area contributed by atoms with Gasteiger partial charge in [0.2, 0.25) is 11.8 Å². The molecule has 3 amide bonds. The van der Waals surface area contributed by atoms with Crippen LogP contribution in [0.15, 0.2) is 42.6 Å². The molecule has 2 aliphatic rings. The van der Waals surface area contributed by atoms with Crippen LogP contribution in [0.4, 0.5) is 8.78 Å². The SMILES string of the molecule is O=C1CCC(N2Cc3cc(-n4cc(-c5cc(F)ccc5F)nn4)ccc3C2=O)C(=O)N1. The second kappa shape index (κ2) is 7.08. The van der Waals surface area contributed by atoms with Crippen molar-refractivity contribution in [3.05, 3.63) is 65.4 Å². The van der Waals surface area contributed by atoms with E-state index in [0.717, 1.165) is 18.2 Å². The van der Waals surface area contributed by atoms with Gasteiger partial charge < -0.3 is 4.90 Å². The van der Waals surface area contributed by atoms with E-state index in [-0.39, 0.29) is 42.5 Å². The molecule has 1 atom stereocenters. The fraction of sp³-hybridized carbons (Fsp3) is 0.190. The Hall–Kier alpha value is -3.95. The number of rotatable bonds is 3. The molecule has 1 fully saturated rings. The first-order valence-electron chi connectivity index (χ1n) is 9.56. The molecule has 156 valence electrons. The van der Waals surface area contributed by atoms with E-state index < -0.39 is 23.6 Å². The van der Waals surface area contributed by atoms with Crippen molar-refractivity contribution in [3.63, 3.8) is 0 Å². The minimum Gasteiger partial charge on any atom is -0.322 e. The normalized spacial score (nSPS) is 18.3. The molecule has 1 N–H and O–H groups in total. The van der Waals surface area contributed by atoms with Crippen LogP contribution in [0.2, 0.25) is 0 Å². The molecule has 0 saturated carbocycles. The second-order valence-corrected chi connectivity index (χ2v) is 7.41. The molecular formula is C21H15F2N5O3. The van der Waals surface area contributed by atoms with Gasteiger partial charge in [-0.2, -0.15) is 0 Å². The highest BCUT2D eigenvalue weighted by atomic mass is 19.1. The Kier molecular flexibility index (Phi) is 4.35. The summed E-state index contributed by atoms with van der Waals surface area (Å²) in [6.45, 7) is 0.217. The molecule has 0 bridgehead atoms. The van der Waals surface area contributed by atoms with E-state index in [4.69, 9.17) is 0 Å². The van der Waals surface area contributed by atoms with Crippen molar-refractivity contribution in [2.24, 2.45) is 0 Å². The van der Waals surface area contributed by atoms with Crippen LogP contribution in [0.3, 0.4) is 0 Å². The highest BCUT2D eigenvalue weighted by Crippen LogP contribution is 2.29. The lowest BCUT2D eigenvalue weighted by atomic mass is 10.0. The number of carbonyl (C=O) groups is 3. The summed E-state index contributed by atoms with van der Waals surface area (Å²) in [6, 6.07) is 7.41. The molecule has 0 radical (unpaired) electrons. The van der Waals surface area contributed by atoms with Crippen molar-refractivity contribution in [1.82, 2.24) is 25.2 Å². The molecule has 2 aromatic carbocycles. The number of amides is 3. The molecule has 0 spiro atoms. The Morgan fingerprint density at radius 1 is 1.03 bits per heavy atom. The zero-order valence-electron chi connectivity index (χ0n) is 16.0. The highest BCUT2D eigenvalue weighted by Gasteiger charge is 2.39. The summed E-state index contributed by atoms with van der Waals surface area (Å²) < 4.78 is 28.9. The Morgan fingerprint density at radius 3 is 2.68 bits per heavy atom. The molecule has 1 saturated heterocycles. The summed E-state index contributed by atoms with van der Waals surface area (Å²) in [5.74, 6) is -2.30. The summed E-state index contributed by atoms with van der Waals surface area (Å²) in [6.07, 6.45) is 1.93. The number of nitrogens with one attached hydrogen (secondary N) is 1. The first-order valence-corrected chi connectivity index (χ1v) is 9.56. The van der Waals surface area contributed by atoms with Gasteiger partial charge in [0, 0.05) is 24.1 Å². The molecule has 1 aromatic heterocycles. The van der Waals surface area contributed by atoms with Crippen LogP contribution in [-0.4, -0.2) is 43.7 Å². The van der Waals surface area contributed by atoms with Crippen LogP contribution in [0, 0.1) is 11.6 Å². The molecular weight excluding hydrogens is 408 g/mol. The minimum absolute atomic E-state index is 0.00776. The van der Waals surface area contributed by atoms with Crippen LogP contribution in [0.5, 0.6) is 0 Å². The highest BCUT2D eigenvalue weighted by molar-refractivity contribution is 6.05. The van der Waals surface area contributed by atoms with Crippen molar-refractivity contribution in [3.8, 4) is 16.9 Å². The zero-order chi connectivity index (χ0) is 21.7. The van der Waals surface area contributed by atoms with Crippen LogP contribution in [0.1, 0.15) is 28.8 Å². The number of nitrogens with zero attached hydrogens (tertiary/aromatic N) is 4. The largest absolute Gasteiger partial charge is 0.322 e. The Morgan fingerprint density at radius 2 is 1.87 bits per heavy atom. The van der Waals surface area contributed by atoms with E-state index in [1.54, 1.807) is 18.2 Å². The van der Waals surface area contributed by atoms with Crippen molar-refractivity contribution in [1.29, 1.82) is 0 Å². The van der Waals surface area contributed by atoms with Crippen molar-refractivity contribution >= 4 is 17.7 Å². The van der Waals surface area contributed by atoms with Gasteiger partial charge >= 0.3 is 0 Å². The topological polar surface area (TPSA) is 97.2 Å². The van der Waals surface area contributed by atoms with Gasteiger partial charge in [0.15, 0.2) is 0 Å². The van der Waals surface area contributed by atoms with E-state index in [1.807, 2.05) is 0 Å². The Bertz CT molecular complexity index is 1260. The van der Waals surface area contributed by atoms with Gasteiger partial charge in [-0.3, -0.25) is 19.7 Å². The molecule has 31 heavy (non-hydrogen) atoms. The van der Waals surface area contributed by atoms with Crippen molar-refractivity contribution < 1.29 is 23.2 Å². The lowest BCUT2D eigenvalue weighted by Crippen LogP contribution is -2.52. The lowest BCUT2D eigenvalue weighted by molar-refractivity contribution is -0.136. The van der Waals surface area contributed by atoms with Crippen molar-refractivity contribution in [2.75, 3.05) is 0 Å². The van der Waals surface area contributed by atoms with Crippen LogP contribution >= 0.6 is 0 Å². The van der Waals surface area contributed by atoms with Gasteiger partial charge in [-0.1, -0.05) is 5.21 Å². The van der Waals surface area contributed by atoms with Gasteiger partial charge in [-0.05, 0) is 48.4 Å². The van der Waals surface area contributed by atoms with Crippen LogP contribution in [-0.2, 0) is 16.1 Å². The van der Waals surface area contributed by atoms with Crippen LogP contribution < -0.4 is 5.32 Å². The molecule has 5 rings (SSSR count). The molecule has 3 heterocycles. The first kappa shape index (κ1) is 19.0. The van der Waals surface area contributed by atoms with Gasteiger partial charge in [-0.15, -0.1) is 5.10 Å². The maximum absolute atomic E-state index is 14.0. The van der Waals surface area contributed by atoms with E-state index in [0.29, 0.717) is 16.8 Å². The molecule has 3 aromatic rings. The number of benzene rings is 2. The fourth-order valence-corrected chi connectivity index (χ4v) is 3.91. The van der Waals surface area contributed by atoms with E-state index in [1.165, 1.54) is 15.8 Å². The maximum Gasteiger partial charge on any atom is 0.255 e. The summed E-state index contributed by atoms with van der Waals surface area (Å²) in [7, 11) is 0. The minimum atomic E-state index is -0.699. The predicted molar refractivity (Wildman–Crippen MR) is 103 cm³/mol. The predicted octanol–water partition coefficient (Wildman–Crippen LogP) is 1.97. The van der Waals surface area contributed by atoms with Crippen LogP contribution in [0.25, 0.3) is 16.9 Å². The quantitative estimate of drug-likeness (QED) is 0.650. The van der Waals surface area contributed by atoms with E-state index in [2.05, 4.69) is 15.6 Å². The third-order valence-corrected chi connectivity index (χ3v) is 5.47. The van der Waals surface area contributed by atoms with E-state index >= 15 is 0 Å². The number of aromatic nitrogens is 3. The maximum atomic E-state index is 14.0. The number of carbonyl (C=O) groups excluding carboxylic acids is 3. The summed E-state index contributed by atoms with van der Waals surface area (Å²) in [5, 5.41) is 10.2. The Labute approximate surface area is 174 Å². The Balaban J connectivity index is 1.42. The number of piperidine rings is 1. The fourth-order valence-electron chi connectivity index (χ4n) is 3.91. The van der Waals surface area contributed by atoms with Gasteiger partial charge in [0.25, 0.3) is 5.91 Å². The number of halogens is 2. The third kappa shape index (κ3) is 3.25. The van der Waals surface area contributed by atoms with Crippen molar-refractivity contribution in [2.45, 2.75) is 25.4 Å². The molecule has 10 heteroatoms. The molecule has 0 aliphatic carbocycles. The standard InChI is InChI=1S/C21H15F2N5O3/c22-12-1-4-16(23)15(8-12)17-10-28(26-25-17)13-2-3-14-11(7-13)9-27(21(14)31)18-5-6-19(29)24-20(18)30/h1-4,7-8,10,18H,5-6,9H2,(H,24,29,30). The summed E-state index contributed by atoms with van der Waals surface area (Å²) in [4.78, 5) is 37.8. The average Bonchev–Trinajstić information content (AvgIpc) is 3.35. The molecule has 2 aliphatic heterocycles. The summed E-state index contributed by atoms with van der Waals surface area (Å²) in [5.41, 5.74) is 1.89. The number of imide groups is 1. The number of hydrogen-bond donors (Lipinski definition) is 1. The number of fused-ring (bicyclic) bond motifs is 1. The third-order valence-electron chi connectivity index (χ3n) is 5.47. The molecule has 8 nitrogen and oxygen atoms in total. The van der Waals surface area contributed by atoms with Gasteiger partial charge in [0.05, 0.1) is 11.9 Å². The van der Waals surface area contributed by atoms with Gasteiger partial charge in [-0.25, -0.2) is 13.5 Å². The smallest absolute Gasteiger partial charge is 0.255 e. The zero-order valence-corrected chi connectivity index (χ0v) is 16.0. The average molecular weight is 423 g/mol. The second-order valence-electron chi connectivity index (χ2n) is 7.41.